The number of rotatable bonds is 4. The monoisotopic (exact) mass is 282 g/mol. The van der Waals surface area contributed by atoms with Gasteiger partial charge in [-0.05, 0) is 17.2 Å². The third-order valence-electron chi connectivity index (χ3n) is 3.69. The molecule has 3 N–H and O–H groups in total. The molecule has 4 nitrogen and oxygen atoms in total. The number of hydrogen-bond donors (Lipinski definition) is 2. The van der Waals surface area contributed by atoms with Gasteiger partial charge in [0.05, 0.1) is 6.04 Å². The van der Waals surface area contributed by atoms with Gasteiger partial charge in [-0.25, -0.2) is 0 Å². The fourth-order valence-corrected chi connectivity index (χ4v) is 2.56. The minimum Gasteiger partial charge on any atom is -0.480 e. The van der Waals surface area contributed by atoms with E-state index < -0.39 is 6.10 Å². The minimum absolute atomic E-state index is 0.120. The predicted molar refractivity (Wildman–Crippen MR) is 80.9 cm³/mol. The molecule has 0 spiro atoms. The van der Waals surface area contributed by atoms with Crippen molar-refractivity contribution in [2.45, 2.75) is 18.6 Å². The summed E-state index contributed by atoms with van der Waals surface area (Å²) in [6.07, 6.45) is 0.133. The van der Waals surface area contributed by atoms with Gasteiger partial charge in [0.1, 0.15) is 5.75 Å². The number of benzene rings is 2. The van der Waals surface area contributed by atoms with Crippen molar-refractivity contribution in [1.82, 2.24) is 5.32 Å². The molecule has 2 atom stereocenters. The predicted octanol–water partition coefficient (Wildman–Crippen LogP) is 1.81. The molecule has 0 bridgehead atoms. The number of carbonyl (C=O) groups is 1. The third-order valence-corrected chi connectivity index (χ3v) is 3.69. The maximum Gasteiger partial charge on any atom is 0.261 e. The number of amides is 1. The molecular weight excluding hydrogens is 264 g/mol. The number of carbonyl (C=O) groups excluding carboxylic acids is 1. The first kappa shape index (κ1) is 13.6. The van der Waals surface area contributed by atoms with Crippen molar-refractivity contribution in [3.63, 3.8) is 0 Å². The Balaban J connectivity index is 1.67. The summed E-state index contributed by atoms with van der Waals surface area (Å²) in [5.41, 5.74) is 7.85. The van der Waals surface area contributed by atoms with Crippen LogP contribution in [0.25, 0.3) is 0 Å². The summed E-state index contributed by atoms with van der Waals surface area (Å²) in [6.45, 7) is 0.357. The lowest BCUT2D eigenvalue weighted by Gasteiger charge is -2.19. The average Bonchev–Trinajstić information content (AvgIpc) is 2.97. The Labute approximate surface area is 123 Å². The van der Waals surface area contributed by atoms with Crippen LogP contribution in [0.1, 0.15) is 17.2 Å². The van der Waals surface area contributed by atoms with Crippen molar-refractivity contribution in [1.29, 1.82) is 0 Å². The van der Waals surface area contributed by atoms with Crippen LogP contribution in [0.4, 0.5) is 0 Å². The smallest absolute Gasteiger partial charge is 0.261 e. The summed E-state index contributed by atoms with van der Waals surface area (Å²) in [7, 11) is 0. The molecule has 1 heterocycles. The van der Waals surface area contributed by atoms with Gasteiger partial charge in [-0.2, -0.15) is 0 Å². The Morgan fingerprint density at radius 2 is 1.90 bits per heavy atom. The van der Waals surface area contributed by atoms with Gasteiger partial charge in [-0.1, -0.05) is 48.5 Å². The second-order valence-corrected chi connectivity index (χ2v) is 5.13. The summed E-state index contributed by atoms with van der Waals surface area (Å²) in [4.78, 5) is 12.4. The van der Waals surface area contributed by atoms with Gasteiger partial charge in [0.2, 0.25) is 0 Å². The molecule has 1 aliphatic rings. The van der Waals surface area contributed by atoms with Crippen LogP contribution >= 0.6 is 0 Å². The van der Waals surface area contributed by atoms with E-state index in [0.717, 1.165) is 16.9 Å². The fourth-order valence-electron chi connectivity index (χ4n) is 2.56. The van der Waals surface area contributed by atoms with Gasteiger partial charge < -0.3 is 15.8 Å². The Morgan fingerprint density at radius 3 is 2.62 bits per heavy atom. The molecule has 108 valence electrons. The summed E-state index contributed by atoms with van der Waals surface area (Å²) < 4.78 is 5.70. The topological polar surface area (TPSA) is 64.3 Å². The van der Waals surface area contributed by atoms with Crippen LogP contribution in [-0.2, 0) is 11.2 Å². The van der Waals surface area contributed by atoms with E-state index in [2.05, 4.69) is 5.32 Å². The molecule has 2 unspecified atom stereocenters. The van der Waals surface area contributed by atoms with Gasteiger partial charge in [-0.15, -0.1) is 0 Å². The highest BCUT2D eigenvalue weighted by atomic mass is 16.5. The summed E-state index contributed by atoms with van der Waals surface area (Å²) >= 11 is 0. The van der Waals surface area contributed by atoms with Crippen molar-refractivity contribution in [3.05, 3.63) is 65.7 Å². The third kappa shape index (κ3) is 2.90. The maximum atomic E-state index is 12.4. The molecule has 2 aromatic rings. The molecule has 2 aromatic carbocycles. The van der Waals surface area contributed by atoms with Crippen LogP contribution in [0, 0.1) is 0 Å². The lowest BCUT2D eigenvalue weighted by atomic mass is 10.1. The Bertz CT molecular complexity index is 603. The molecule has 0 fully saturated rings. The zero-order valence-electron chi connectivity index (χ0n) is 11.7. The number of nitrogens with two attached hydrogens (primary N) is 1. The van der Waals surface area contributed by atoms with Gasteiger partial charge in [0, 0.05) is 13.0 Å². The highest BCUT2D eigenvalue weighted by molar-refractivity contribution is 5.83. The van der Waals surface area contributed by atoms with Crippen LogP contribution < -0.4 is 15.8 Å². The summed E-state index contributed by atoms with van der Waals surface area (Å²) in [5, 5.41) is 2.97. The van der Waals surface area contributed by atoms with Crippen molar-refractivity contribution in [2.75, 3.05) is 6.54 Å². The summed E-state index contributed by atoms with van der Waals surface area (Å²) in [5.74, 6) is 0.673. The van der Waals surface area contributed by atoms with Crippen molar-refractivity contribution in [3.8, 4) is 5.75 Å². The molecule has 0 saturated carbocycles. The van der Waals surface area contributed by atoms with Crippen molar-refractivity contribution < 1.29 is 9.53 Å². The molecule has 3 rings (SSSR count). The number of para-hydroxylation sites is 1. The number of hydrogen-bond acceptors (Lipinski definition) is 3. The number of nitrogens with one attached hydrogen (secondary N) is 1. The van der Waals surface area contributed by atoms with Gasteiger partial charge in [0.25, 0.3) is 5.91 Å². The Morgan fingerprint density at radius 1 is 1.19 bits per heavy atom. The highest BCUT2D eigenvalue weighted by Crippen LogP contribution is 2.28. The van der Waals surface area contributed by atoms with E-state index in [4.69, 9.17) is 10.5 Å². The standard InChI is InChI=1S/C17H18N2O2/c18-11-14(12-6-2-1-3-7-12)19-17(20)16-10-13-8-4-5-9-15(13)21-16/h1-9,14,16H,10-11,18H2,(H,19,20). The first-order valence-electron chi connectivity index (χ1n) is 7.08. The fraction of sp³-hybridized carbons (Fsp3) is 0.235. The van der Waals surface area contributed by atoms with Gasteiger partial charge in [0.15, 0.2) is 6.10 Å². The van der Waals surface area contributed by atoms with Gasteiger partial charge in [-0.3, -0.25) is 4.79 Å². The van der Waals surface area contributed by atoms with E-state index in [1.165, 1.54) is 0 Å². The van der Waals surface area contributed by atoms with Crippen LogP contribution in [-0.4, -0.2) is 18.6 Å². The van der Waals surface area contributed by atoms with Crippen LogP contribution in [0.3, 0.4) is 0 Å². The van der Waals surface area contributed by atoms with E-state index in [-0.39, 0.29) is 11.9 Å². The molecule has 0 saturated heterocycles. The Kier molecular flexibility index (Phi) is 3.88. The first-order valence-corrected chi connectivity index (χ1v) is 7.08. The van der Waals surface area contributed by atoms with E-state index >= 15 is 0 Å². The molecule has 0 aliphatic carbocycles. The molecule has 1 amide bonds. The molecule has 4 heteroatoms. The van der Waals surface area contributed by atoms with Crippen LogP contribution in [0.15, 0.2) is 54.6 Å². The van der Waals surface area contributed by atoms with E-state index in [1.807, 2.05) is 54.6 Å². The highest BCUT2D eigenvalue weighted by Gasteiger charge is 2.30. The van der Waals surface area contributed by atoms with Gasteiger partial charge >= 0.3 is 0 Å². The van der Waals surface area contributed by atoms with Crippen LogP contribution in [0.2, 0.25) is 0 Å². The molecule has 0 aromatic heterocycles. The second-order valence-electron chi connectivity index (χ2n) is 5.13. The lowest BCUT2D eigenvalue weighted by Crippen LogP contribution is -2.41. The molecule has 21 heavy (non-hydrogen) atoms. The number of ether oxygens (including phenoxy) is 1. The summed E-state index contributed by atoms with van der Waals surface area (Å²) in [6, 6.07) is 17.3. The molecular formula is C17H18N2O2. The Hall–Kier alpha value is -2.33. The second kappa shape index (κ2) is 5.97. The normalized spacial score (nSPS) is 17.7. The largest absolute Gasteiger partial charge is 0.480 e. The van der Waals surface area contributed by atoms with E-state index in [0.29, 0.717) is 13.0 Å². The molecule has 1 aliphatic heterocycles. The zero-order chi connectivity index (χ0) is 14.7. The van der Waals surface area contributed by atoms with Crippen molar-refractivity contribution >= 4 is 5.91 Å². The van der Waals surface area contributed by atoms with Crippen molar-refractivity contribution in [2.24, 2.45) is 5.73 Å². The van der Waals surface area contributed by atoms with E-state index in [1.54, 1.807) is 0 Å². The molecule has 0 radical (unpaired) electrons. The van der Waals surface area contributed by atoms with Crippen LogP contribution in [0.5, 0.6) is 5.75 Å². The zero-order valence-corrected chi connectivity index (χ0v) is 11.7. The lowest BCUT2D eigenvalue weighted by molar-refractivity contribution is -0.128. The average molecular weight is 282 g/mol. The minimum atomic E-state index is -0.472. The SMILES string of the molecule is NCC(NC(=O)C1Cc2ccccc2O1)c1ccccc1. The van der Waals surface area contributed by atoms with E-state index in [9.17, 15) is 4.79 Å². The maximum absolute atomic E-state index is 12.4. The quantitative estimate of drug-likeness (QED) is 0.899. The number of fused-ring (bicyclic) bond motifs is 1. The first-order chi connectivity index (χ1) is 10.3.